The Labute approximate surface area is 87.1 Å². The highest BCUT2D eigenvalue weighted by molar-refractivity contribution is 7.98. The van der Waals surface area contributed by atoms with E-state index in [0.717, 1.165) is 18.0 Å². The molecule has 14 heavy (non-hydrogen) atoms. The van der Waals surface area contributed by atoms with Crippen LogP contribution in [0, 0.1) is 17.1 Å². The molecular formula is C10H11FN2S. The molecule has 0 aliphatic carbocycles. The first-order chi connectivity index (χ1) is 6.77. The molecule has 1 rings (SSSR count). The fourth-order valence-corrected chi connectivity index (χ4v) is 1.32. The summed E-state index contributed by atoms with van der Waals surface area (Å²) in [5, 5.41) is 11.7. The van der Waals surface area contributed by atoms with Gasteiger partial charge >= 0.3 is 0 Å². The van der Waals surface area contributed by atoms with Crippen LogP contribution in [-0.2, 0) is 0 Å². The van der Waals surface area contributed by atoms with Crippen molar-refractivity contribution in [1.29, 1.82) is 5.26 Å². The van der Waals surface area contributed by atoms with Gasteiger partial charge in [-0.3, -0.25) is 0 Å². The number of nitriles is 1. The molecule has 1 aromatic carbocycles. The molecule has 4 heteroatoms. The molecule has 0 aromatic heterocycles. The molecule has 0 amide bonds. The number of hydrogen-bond donors (Lipinski definition) is 1. The Morgan fingerprint density at radius 3 is 3.00 bits per heavy atom. The molecule has 0 fully saturated rings. The molecule has 1 N–H and O–H groups in total. The van der Waals surface area contributed by atoms with E-state index in [1.807, 2.05) is 6.26 Å². The van der Waals surface area contributed by atoms with Gasteiger partial charge in [0.25, 0.3) is 0 Å². The van der Waals surface area contributed by atoms with E-state index in [4.69, 9.17) is 5.26 Å². The van der Waals surface area contributed by atoms with Crippen molar-refractivity contribution in [1.82, 2.24) is 0 Å². The molecule has 0 aliphatic rings. The third-order valence-electron chi connectivity index (χ3n) is 1.72. The molecule has 0 saturated carbocycles. The first-order valence-corrected chi connectivity index (χ1v) is 5.59. The van der Waals surface area contributed by atoms with Crippen LogP contribution >= 0.6 is 11.8 Å². The molecule has 0 saturated heterocycles. The van der Waals surface area contributed by atoms with E-state index in [1.54, 1.807) is 23.9 Å². The summed E-state index contributed by atoms with van der Waals surface area (Å²) in [6, 6.07) is 6.27. The maximum atomic E-state index is 12.9. The number of nitrogens with zero attached hydrogens (tertiary/aromatic N) is 1. The summed E-state index contributed by atoms with van der Waals surface area (Å²) in [4.78, 5) is 0. The van der Waals surface area contributed by atoms with E-state index in [-0.39, 0.29) is 5.56 Å². The van der Waals surface area contributed by atoms with Crippen LogP contribution in [-0.4, -0.2) is 18.6 Å². The van der Waals surface area contributed by atoms with E-state index in [2.05, 4.69) is 5.32 Å². The van der Waals surface area contributed by atoms with Gasteiger partial charge < -0.3 is 5.32 Å². The van der Waals surface area contributed by atoms with Gasteiger partial charge in [-0.2, -0.15) is 17.0 Å². The van der Waals surface area contributed by atoms with Crippen molar-refractivity contribution >= 4 is 17.4 Å². The zero-order valence-corrected chi connectivity index (χ0v) is 8.70. The summed E-state index contributed by atoms with van der Waals surface area (Å²) < 4.78 is 12.9. The van der Waals surface area contributed by atoms with Gasteiger partial charge in [0.05, 0.1) is 5.56 Å². The topological polar surface area (TPSA) is 35.8 Å². The van der Waals surface area contributed by atoms with Crippen molar-refractivity contribution < 1.29 is 4.39 Å². The number of hydrogen-bond acceptors (Lipinski definition) is 3. The molecule has 0 spiro atoms. The van der Waals surface area contributed by atoms with Crippen LogP contribution in [0.4, 0.5) is 10.1 Å². The van der Waals surface area contributed by atoms with E-state index in [0.29, 0.717) is 0 Å². The Bertz CT molecular complexity index is 346. The third-order valence-corrected chi connectivity index (χ3v) is 2.33. The quantitative estimate of drug-likeness (QED) is 0.775. The second kappa shape index (κ2) is 5.51. The smallest absolute Gasteiger partial charge is 0.141 e. The Kier molecular flexibility index (Phi) is 4.27. The van der Waals surface area contributed by atoms with Gasteiger partial charge in [0, 0.05) is 18.0 Å². The highest BCUT2D eigenvalue weighted by atomic mass is 32.2. The second-order valence-electron chi connectivity index (χ2n) is 2.73. The molecule has 0 bridgehead atoms. The van der Waals surface area contributed by atoms with Gasteiger partial charge in [-0.05, 0) is 24.5 Å². The van der Waals surface area contributed by atoms with E-state index in [9.17, 15) is 4.39 Å². The standard InChI is InChI=1S/C10H11FN2S/c1-14-5-4-13-9-2-3-10(11)8(6-9)7-12/h2-3,6,13H,4-5H2,1H3. The van der Waals surface area contributed by atoms with Crippen molar-refractivity contribution in [3.05, 3.63) is 29.6 Å². The van der Waals surface area contributed by atoms with Crippen molar-refractivity contribution in [3.8, 4) is 6.07 Å². The fraction of sp³-hybridized carbons (Fsp3) is 0.300. The van der Waals surface area contributed by atoms with Crippen molar-refractivity contribution in [2.45, 2.75) is 0 Å². The van der Waals surface area contributed by atoms with Gasteiger partial charge in [0.15, 0.2) is 0 Å². The Morgan fingerprint density at radius 2 is 2.36 bits per heavy atom. The lowest BCUT2D eigenvalue weighted by atomic mass is 10.2. The summed E-state index contributed by atoms with van der Waals surface area (Å²) in [5.74, 6) is 0.516. The molecule has 0 aliphatic heterocycles. The first-order valence-electron chi connectivity index (χ1n) is 4.20. The summed E-state index contributed by atoms with van der Waals surface area (Å²) in [7, 11) is 0. The number of benzene rings is 1. The predicted octanol–water partition coefficient (Wildman–Crippen LogP) is 2.47. The number of rotatable bonds is 4. The maximum absolute atomic E-state index is 12.9. The van der Waals surface area contributed by atoms with E-state index < -0.39 is 5.82 Å². The minimum atomic E-state index is -0.470. The number of halogens is 1. The number of anilines is 1. The fourth-order valence-electron chi connectivity index (χ4n) is 1.02. The van der Waals surface area contributed by atoms with Crippen LogP contribution in [0.25, 0.3) is 0 Å². The minimum Gasteiger partial charge on any atom is -0.384 e. The van der Waals surface area contributed by atoms with Crippen LogP contribution in [0.15, 0.2) is 18.2 Å². The lowest BCUT2D eigenvalue weighted by Gasteiger charge is -2.05. The Balaban J connectivity index is 2.66. The van der Waals surface area contributed by atoms with Gasteiger partial charge in [-0.25, -0.2) is 4.39 Å². The highest BCUT2D eigenvalue weighted by Crippen LogP contribution is 2.13. The molecule has 0 atom stereocenters. The average molecular weight is 210 g/mol. The zero-order valence-electron chi connectivity index (χ0n) is 7.88. The maximum Gasteiger partial charge on any atom is 0.141 e. The van der Waals surface area contributed by atoms with Crippen LogP contribution in [0.1, 0.15) is 5.56 Å². The summed E-state index contributed by atoms with van der Waals surface area (Å²) >= 11 is 1.73. The highest BCUT2D eigenvalue weighted by Gasteiger charge is 2.01. The molecule has 0 heterocycles. The first kappa shape index (κ1) is 10.9. The SMILES string of the molecule is CSCCNc1ccc(F)c(C#N)c1. The molecule has 2 nitrogen and oxygen atoms in total. The largest absolute Gasteiger partial charge is 0.384 e. The molecule has 74 valence electrons. The summed E-state index contributed by atoms with van der Waals surface area (Å²) in [5.41, 5.74) is 0.871. The van der Waals surface area contributed by atoms with Crippen LogP contribution in [0.2, 0.25) is 0 Å². The normalized spacial score (nSPS) is 9.50. The minimum absolute atomic E-state index is 0.0825. The lowest BCUT2D eigenvalue weighted by molar-refractivity contribution is 0.624. The number of nitrogens with one attached hydrogen (secondary N) is 1. The number of thioether (sulfide) groups is 1. The predicted molar refractivity (Wildman–Crippen MR) is 58.0 cm³/mol. The van der Waals surface area contributed by atoms with Crippen LogP contribution < -0.4 is 5.32 Å². The van der Waals surface area contributed by atoms with Gasteiger partial charge in [-0.15, -0.1) is 0 Å². The molecule has 1 aromatic rings. The van der Waals surface area contributed by atoms with Crippen molar-refractivity contribution in [2.75, 3.05) is 23.9 Å². The van der Waals surface area contributed by atoms with Gasteiger partial charge in [0.1, 0.15) is 11.9 Å². The van der Waals surface area contributed by atoms with Crippen molar-refractivity contribution in [2.24, 2.45) is 0 Å². The van der Waals surface area contributed by atoms with Gasteiger partial charge in [-0.1, -0.05) is 0 Å². The van der Waals surface area contributed by atoms with Gasteiger partial charge in [0.2, 0.25) is 0 Å². The second-order valence-corrected chi connectivity index (χ2v) is 3.71. The zero-order chi connectivity index (χ0) is 10.4. The third kappa shape index (κ3) is 2.93. The average Bonchev–Trinajstić information content (AvgIpc) is 2.21. The summed E-state index contributed by atoms with van der Waals surface area (Å²) in [6.45, 7) is 0.817. The lowest BCUT2D eigenvalue weighted by Crippen LogP contribution is -2.04. The van der Waals surface area contributed by atoms with Crippen molar-refractivity contribution in [3.63, 3.8) is 0 Å². The van der Waals surface area contributed by atoms with Crippen LogP contribution in [0.3, 0.4) is 0 Å². The summed E-state index contributed by atoms with van der Waals surface area (Å²) in [6.07, 6.45) is 2.02. The van der Waals surface area contributed by atoms with E-state index in [1.165, 1.54) is 12.1 Å². The Morgan fingerprint density at radius 1 is 1.57 bits per heavy atom. The molecule has 0 radical (unpaired) electrons. The van der Waals surface area contributed by atoms with E-state index >= 15 is 0 Å². The molecular weight excluding hydrogens is 199 g/mol. The monoisotopic (exact) mass is 210 g/mol. The van der Waals surface area contributed by atoms with Crippen LogP contribution in [0.5, 0.6) is 0 Å². The molecule has 0 unspecified atom stereocenters. The Hall–Kier alpha value is -1.21.